The molecule has 0 radical (unpaired) electrons. The largest absolute Gasteiger partial charge is 0.310 e. The smallest absolute Gasteiger partial charge is 0.163 e. The lowest BCUT2D eigenvalue weighted by Gasteiger charge is -2.27. The van der Waals surface area contributed by atoms with Crippen molar-refractivity contribution in [1.82, 2.24) is 5.32 Å². The van der Waals surface area contributed by atoms with Crippen molar-refractivity contribution in [3.05, 3.63) is 34.9 Å². The molecule has 112 valence electrons. The van der Waals surface area contributed by atoms with Crippen molar-refractivity contribution in [3.63, 3.8) is 0 Å². The van der Waals surface area contributed by atoms with Crippen LogP contribution in [0.3, 0.4) is 0 Å². The highest BCUT2D eigenvalue weighted by atomic mass is 19.2. The van der Waals surface area contributed by atoms with Crippen molar-refractivity contribution >= 4 is 0 Å². The van der Waals surface area contributed by atoms with Crippen LogP contribution in [0.5, 0.6) is 0 Å². The van der Waals surface area contributed by atoms with Gasteiger partial charge in [0.2, 0.25) is 0 Å². The molecule has 20 heavy (non-hydrogen) atoms. The van der Waals surface area contributed by atoms with Gasteiger partial charge in [-0.05, 0) is 31.4 Å². The molecule has 0 aromatic heterocycles. The van der Waals surface area contributed by atoms with Gasteiger partial charge in [-0.2, -0.15) is 0 Å². The Kier molecular flexibility index (Phi) is 5.53. The maximum atomic E-state index is 14.2. The highest BCUT2D eigenvalue weighted by Crippen LogP contribution is 2.33. The van der Waals surface area contributed by atoms with Gasteiger partial charge in [-0.15, -0.1) is 0 Å². The normalized spacial score (nSPS) is 18.2. The summed E-state index contributed by atoms with van der Waals surface area (Å²) in [7, 11) is 0. The zero-order chi connectivity index (χ0) is 14.5. The van der Waals surface area contributed by atoms with E-state index in [0.717, 1.165) is 13.0 Å². The van der Waals surface area contributed by atoms with E-state index in [1.807, 2.05) is 6.92 Å². The average molecular weight is 281 g/mol. The van der Waals surface area contributed by atoms with E-state index >= 15 is 0 Å². The predicted octanol–water partition coefficient (Wildman–Crippen LogP) is 4.89. The molecule has 0 heterocycles. The molecule has 0 aliphatic heterocycles. The Morgan fingerprint density at radius 3 is 2.50 bits per heavy atom. The Morgan fingerprint density at radius 2 is 1.85 bits per heavy atom. The summed E-state index contributed by atoms with van der Waals surface area (Å²) in [6, 6.07) is 3.35. The topological polar surface area (TPSA) is 12.0 Å². The van der Waals surface area contributed by atoms with Crippen LogP contribution in [0.1, 0.15) is 62.6 Å². The Balaban J connectivity index is 2.17. The van der Waals surface area contributed by atoms with Crippen molar-refractivity contribution in [2.24, 2.45) is 5.92 Å². The zero-order valence-corrected chi connectivity index (χ0v) is 12.5. The van der Waals surface area contributed by atoms with E-state index in [1.165, 1.54) is 32.1 Å². The molecule has 1 N–H and O–H groups in total. The first-order valence-corrected chi connectivity index (χ1v) is 7.81. The van der Waals surface area contributed by atoms with Gasteiger partial charge >= 0.3 is 0 Å². The second kappa shape index (κ2) is 7.16. The number of benzene rings is 1. The van der Waals surface area contributed by atoms with Gasteiger partial charge < -0.3 is 5.32 Å². The fourth-order valence-corrected chi connectivity index (χ4v) is 3.25. The number of rotatable bonds is 5. The molecule has 2 rings (SSSR count). The van der Waals surface area contributed by atoms with Crippen molar-refractivity contribution in [1.29, 1.82) is 0 Å². The molecule has 1 aromatic carbocycles. The first-order valence-electron chi connectivity index (χ1n) is 7.81. The molecule has 1 atom stereocenters. The van der Waals surface area contributed by atoms with Crippen LogP contribution >= 0.6 is 0 Å². The molecule has 1 fully saturated rings. The first kappa shape index (κ1) is 15.4. The van der Waals surface area contributed by atoms with Gasteiger partial charge in [-0.3, -0.25) is 0 Å². The molecule has 1 saturated carbocycles. The van der Waals surface area contributed by atoms with Crippen LogP contribution in [0, 0.1) is 24.5 Å². The maximum absolute atomic E-state index is 14.2. The van der Waals surface area contributed by atoms with Gasteiger partial charge in [0.05, 0.1) is 0 Å². The quantitative estimate of drug-likeness (QED) is 0.810. The van der Waals surface area contributed by atoms with E-state index in [9.17, 15) is 8.78 Å². The van der Waals surface area contributed by atoms with Crippen LogP contribution in [-0.4, -0.2) is 6.54 Å². The summed E-state index contributed by atoms with van der Waals surface area (Å²) < 4.78 is 27.9. The van der Waals surface area contributed by atoms with Crippen molar-refractivity contribution < 1.29 is 8.78 Å². The molecule has 0 saturated heterocycles. The van der Waals surface area contributed by atoms with E-state index < -0.39 is 11.6 Å². The summed E-state index contributed by atoms with van der Waals surface area (Å²) >= 11 is 0. The minimum Gasteiger partial charge on any atom is -0.310 e. The Bertz CT molecular complexity index is 439. The van der Waals surface area contributed by atoms with Crippen molar-refractivity contribution in [3.8, 4) is 0 Å². The number of hydrogen-bond donors (Lipinski definition) is 1. The van der Waals surface area contributed by atoms with Crippen LogP contribution in [0.25, 0.3) is 0 Å². The Labute approximate surface area is 120 Å². The third-order valence-electron chi connectivity index (χ3n) is 4.42. The molecule has 0 bridgehead atoms. The Hall–Kier alpha value is -0.960. The molecule has 3 heteroatoms. The second-order valence-electron chi connectivity index (χ2n) is 5.95. The monoisotopic (exact) mass is 281 g/mol. The van der Waals surface area contributed by atoms with Crippen LogP contribution in [0.4, 0.5) is 8.78 Å². The van der Waals surface area contributed by atoms with Gasteiger partial charge in [0.15, 0.2) is 11.6 Å². The molecular formula is C17H25F2N. The summed E-state index contributed by atoms with van der Waals surface area (Å²) in [5, 5.41) is 3.33. The molecular weight excluding hydrogens is 256 g/mol. The molecule has 1 aromatic rings. The van der Waals surface area contributed by atoms with Gasteiger partial charge in [0.25, 0.3) is 0 Å². The summed E-state index contributed by atoms with van der Waals surface area (Å²) in [5.74, 6) is -0.739. The maximum Gasteiger partial charge on any atom is 0.163 e. The van der Waals surface area contributed by atoms with Crippen molar-refractivity contribution in [2.75, 3.05) is 6.54 Å². The molecule has 1 nitrogen and oxygen atoms in total. The number of nitrogens with one attached hydrogen (secondary N) is 1. The van der Waals surface area contributed by atoms with E-state index in [1.54, 1.807) is 19.1 Å². The average Bonchev–Trinajstić information content (AvgIpc) is 2.46. The SMILES string of the molecule is CCNC(CC1CCCCC1)c1ccc(C)c(F)c1F. The number of aryl methyl sites for hydroxylation is 1. The fraction of sp³-hybridized carbons (Fsp3) is 0.647. The van der Waals surface area contributed by atoms with E-state index in [2.05, 4.69) is 5.32 Å². The molecule has 1 aliphatic rings. The van der Waals surface area contributed by atoms with Gasteiger partial charge in [-0.1, -0.05) is 51.2 Å². The second-order valence-corrected chi connectivity index (χ2v) is 5.95. The van der Waals surface area contributed by atoms with E-state index in [0.29, 0.717) is 17.0 Å². The molecule has 0 amide bonds. The van der Waals surface area contributed by atoms with Crippen LogP contribution in [-0.2, 0) is 0 Å². The minimum atomic E-state index is -0.700. The Morgan fingerprint density at radius 1 is 1.15 bits per heavy atom. The summed E-state index contributed by atoms with van der Waals surface area (Å²) in [4.78, 5) is 0. The number of halogens is 2. The van der Waals surface area contributed by atoms with Gasteiger partial charge in [-0.25, -0.2) is 8.78 Å². The van der Waals surface area contributed by atoms with Crippen LogP contribution in [0.15, 0.2) is 12.1 Å². The summed E-state index contributed by atoms with van der Waals surface area (Å²) in [5.41, 5.74) is 0.861. The molecule has 1 unspecified atom stereocenters. The summed E-state index contributed by atoms with van der Waals surface area (Å²) in [6.07, 6.45) is 7.21. The summed E-state index contributed by atoms with van der Waals surface area (Å²) in [6.45, 7) is 4.38. The highest BCUT2D eigenvalue weighted by Gasteiger charge is 2.23. The minimum absolute atomic E-state index is 0.0711. The molecule has 0 spiro atoms. The third-order valence-corrected chi connectivity index (χ3v) is 4.42. The first-order chi connectivity index (χ1) is 9.63. The molecule has 1 aliphatic carbocycles. The van der Waals surface area contributed by atoms with Gasteiger partial charge in [0, 0.05) is 11.6 Å². The van der Waals surface area contributed by atoms with E-state index in [-0.39, 0.29) is 6.04 Å². The van der Waals surface area contributed by atoms with Crippen LogP contribution in [0.2, 0.25) is 0 Å². The predicted molar refractivity (Wildman–Crippen MR) is 78.7 cm³/mol. The highest BCUT2D eigenvalue weighted by molar-refractivity contribution is 5.28. The third kappa shape index (κ3) is 3.57. The number of hydrogen-bond acceptors (Lipinski definition) is 1. The zero-order valence-electron chi connectivity index (χ0n) is 12.5. The van der Waals surface area contributed by atoms with Gasteiger partial charge in [0.1, 0.15) is 0 Å². The lowest BCUT2D eigenvalue weighted by Crippen LogP contribution is -2.25. The van der Waals surface area contributed by atoms with Crippen molar-refractivity contribution in [2.45, 2.75) is 58.4 Å². The van der Waals surface area contributed by atoms with E-state index in [4.69, 9.17) is 0 Å². The van der Waals surface area contributed by atoms with Crippen LogP contribution < -0.4 is 5.32 Å². The standard InChI is InChI=1S/C17H25F2N/c1-3-20-15(11-13-7-5-4-6-8-13)14-10-9-12(2)16(18)17(14)19/h9-10,13,15,20H,3-8,11H2,1-2H3. The fourth-order valence-electron chi connectivity index (χ4n) is 3.25. The lowest BCUT2D eigenvalue weighted by molar-refractivity contribution is 0.297. The lowest BCUT2D eigenvalue weighted by atomic mass is 9.83.